The third-order valence-corrected chi connectivity index (χ3v) is 3.54. The molecular weight excluding hydrogens is 250 g/mol. The summed E-state index contributed by atoms with van der Waals surface area (Å²) < 4.78 is 5.61. The monoisotopic (exact) mass is 267 g/mol. The maximum atomic E-state index is 8.98. The highest BCUT2D eigenvalue weighted by atomic mass is 16.5. The summed E-state index contributed by atoms with van der Waals surface area (Å²) in [7, 11) is 0. The molecule has 0 amide bonds. The minimum atomic E-state index is 0.142. The van der Waals surface area contributed by atoms with Crippen molar-refractivity contribution in [3.05, 3.63) is 47.7 Å². The summed E-state index contributed by atoms with van der Waals surface area (Å²) in [5.41, 5.74) is 1.77. The van der Waals surface area contributed by atoms with Crippen LogP contribution in [0.3, 0.4) is 0 Å². The lowest BCUT2D eigenvalue weighted by Crippen LogP contribution is -2.14. The largest absolute Gasteiger partial charge is 0.437 e. The molecule has 0 aliphatic carbocycles. The van der Waals surface area contributed by atoms with Crippen LogP contribution >= 0.6 is 0 Å². The maximum absolute atomic E-state index is 8.98. The van der Waals surface area contributed by atoms with Crippen molar-refractivity contribution in [3.63, 3.8) is 0 Å². The predicted molar refractivity (Wildman–Crippen MR) is 76.6 cm³/mol. The van der Waals surface area contributed by atoms with Crippen LogP contribution in [-0.4, -0.2) is 10.2 Å². The van der Waals surface area contributed by atoms with E-state index in [1.54, 1.807) is 6.07 Å². The van der Waals surface area contributed by atoms with Crippen LogP contribution in [0, 0.1) is 11.3 Å². The van der Waals surface area contributed by atoms with Gasteiger partial charge in [-0.1, -0.05) is 32.9 Å². The molecule has 0 unspecified atom stereocenters. The minimum absolute atomic E-state index is 0.142. The molecule has 0 atom stereocenters. The third kappa shape index (κ3) is 2.94. The standard InChI is InChI=1S/C16H17N3O/c1-4-16(2,3)13-5-7-14(8-6-13)20-15-12(11-17)9-10-18-19-15/h5-10H,4H2,1-3H3. The van der Waals surface area contributed by atoms with E-state index < -0.39 is 0 Å². The molecule has 4 nitrogen and oxygen atoms in total. The van der Waals surface area contributed by atoms with E-state index in [4.69, 9.17) is 10.00 Å². The van der Waals surface area contributed by atoms with E-state index in [-0.39, 0.29) is 11.3 Å². The Bertz CT molecular complexity index is 627. The summed E-state index contributed by atoms with van der Waals surface area (Å²) in [6.07, 6.45) is 2.54. The highest BCUT2D eigenvalue weighted by molar-refractivity contribution is 5.40. The lowest BCUT2D eigenvalue weighted by atomic mass is 9.82. The summed E-state index contributed by atoms with van der Waals surface area (Å²) in [6.45, 7) is 6.59. The van der Waals surface area contributed by atoms with Gasteiger partial charge in [-0.2, -0.15) is 10.4 Å². The van der Waals surface area contributed by atoms with Crippen molar-refractivity contribution < 1.29 is 4.74 Å². The summed E-state index contributed by atoms with van der Waals surface area (Å²) >= 11 is 0. The van der Waals surface area contributed by atoms with Crippen LogP contribution in [0.4, 0.5) is 0 Å². The van der Waals surface area contributed by atoms with Crippen molar-refractivity contribution in [2.45, 2.75) is 32.6 Å². The van der Waals surface area contributed by atoms with Gasteiger partial charge in [0.2, 0.25) is 0 Å². The van der Waals surface area contributed by atoms with Crippen LogP contribution in [0.1, 0.15) is 38.3 Å². The van der Waals surface area contributed by atoms with Gasteiger partial charge in [0.15, 0.2) is 0 Å². The number of nitriles is 1. The van der Waals surface area contributed by atoms with E-state index in [0.29, 0.717) is 11.3 Å². The van der Waals surface area contributed by atoms with Crippen LogP contribution in [-0.2, 0) is 5.41 Å². The minimum Gasteiger partial charge on any atom is -0.437 e. The molecule has 2 rings (SSSR count). The Balaban J connectivity index is 2.22. The lowest BCUT2D eigenvalue weighted by molar-refractivity contribution is 0.451. The highest BCUT2D eigenvalue weighted by Gasteiger charge is 2.17. The molecule has 1 heterocycles. The average molecular weight is 267 g/mol. The van der Waals surface area contributed by atoms with Crippen molar-refractivity contribution in [2.75, 3.05) is 0 Å². The van der Waals surface area contributed by atoms with Gasteiger partial charge < -0.3 is 4.74 Å². The number of hydrogen-bond acceptors (Lipinski definition) is 4. The Morgan fingerprint density at radius 2 is 1.90 bits per heavy atom. The molecule has 0 fully saturated rings. The zero-order valence-electron chi connectivity index (χ0n) is 11.9. The SMILES string of the molecule is CCC(C)(C)c1ccc(Oc2nnccc2C#N)cc1. The molecule has 2 aromatic rings. The number of hydrogen-bond donors (Lipinski definition) is 0. The van der Waals surface area contributed by atoms with Crippen molar-refractivity contribution in [1.29, 1.82) is 5.26 Å². The fraction of sp³-hybridized carbons (Fsp3) is 0.312. The molecule has 0 saturated heterocycles. The molecule has 1 aromatic carbocycles. The lowest BCUT2D eigenvalue weighted by Gasteiger charge is -2.23. The van der Waals surface area contributed by atoms with Gasteiger partial charge in [-0.15, -0.1) is 5.10 Å². The zero-order valence-corrected chi connectivity index (χ0v) is 11.9. The third-order valence-electron chi connectivity index (χ3n) is 3.54. The number of nitrogens with zero attached hydrogens (tertiary/aromatic N) is 3. The second-order valence-corrected chi connectivity index (χ2v) is 5.23. The second-order valence-electron chi connectivity index (χ2n) is 5.23. The number of aromatic nitrogens is 2. The van der Waals surface area contributed by atoms with Gasteiger partial charge in [0.1, 0.15) is 17.4 Å². The Labute approximate surface area is 119 Å². The van der Waals surface area contributed by atoms with E-state index in [1.165, 1.54) is 11.8 Å². The number of benzene rings is 1. The van der Waals surface area contributed by atoms with Crippen LogP contribution in [0.5, 0.6) is 11.6 Å². The van der Waals surface area contributed by atoms with Crippen LogP contribution < -0.4 is 4.74 Å². The molecule has 0 saturated carbocycles. The van der Waals surface area contributed by atoms with E-state index in [2.05, 4.69) is 31.0 Å². The molecule has 102 valence electrons. The van der Waals surface area contributed by atoms with Gasteiger partial charge in [-0.3, -0.25) is 0 Å². The van der Waals surface area contributed by atoms with Crippen LogP contribution in [0.2, 0.25) is 0 Å². The van der Waals surface area contributed by atoms with Gasteiger partial charge in [0.05, 0.1) is 6.20 Å². The van der Waals surface area contributed by atoms with Gasteiger partial charge >= 0.3 is 0 Å². The first-order valence-corrected chi connectivity index (χ1v) is 6.57. The Kier molecular flexibility index (Phi) is 3.99. The molecule has 0 bridgehead atoms. The fourth-order valence-corrected chi connectivity index (χ4v) is 1.77. The van der Waals surface area contributed by atoms with Gasteiger partial charge in [0.25, 0.3) is 5.88 Å². The molecule has 0 spiro atoms. The topological polar surface area (TPSA) is 58.8 Å². The summed E-state index contributed by atoms with van der Waals surface area (Å²) in [5, 5.41) is 16.6. The highest BCUT2D eigenvalue weighted by Crippen LogP contribution is 2.29. The number of ether oxygens (including phenoxy) is 1. The van der Waals surface area contributed by atoms with E-state index in [0.717, 1.165) is 6.42 Å². The first kappa shape index (κ1) is 14.0. The van der Waals surface area contributed by atoms with E-state index in [9.17, 15) is 0 Å². The van der Waals surface area contributed by atoms with Gasteiger partial charge in [-0.05, 0) is 35.6 Å². The van der Waals surface area contributed by atoms with Crippen molar-refractivity contribution in [2.24, 2.45) is 0 Å². The summed E-state index contributed by atoms with van der Waals surface area (Å²) in [6, 6.07) is 11.5. The Morgan fingerprint density at radius 3 is 2.50 bits per heavy atom. The molecule has 0 aliphatic heterocycles. The van der Waals surface area contributed by atoms with E-state index >= 15 is 0 Å². The van der Waals surface area contributed by atoms with Gasteiger partial charge in [-0.25, -0.2) is 0 Å². The normalized spacial score (nSPS) is 10.9. The molecular formula is C16H17N3O. The van der Waals surface area contributed by atoms with Gasteiger partial charge in [0, 0.05) is 0 Å². The van der Waals surface area contributed by atoms with Crippen molar-refractivity contribution in [1.82, 2.24) is 10.2 Å². The predicted octanol–water partition coefficient (Wildman–Crippen LogP) is 3.83. The number of rotatable bonds is 4. The maximum Gasteiger partial charge on any atom is 0.256 e. The molecule has 20 heavy (non-hydrogen) atoms. The molecule has 0 aliphatic rings. The summed E-state index contributed by atoms with van der Waals surface area (Å²) in [4.78, 5) is 0. The summed E-state index contributed by atoms with van der Waals surface area (Å²) in [5.74, 6) is 0.884. The first-order chi connectivity index (χ1) is 9.56. The molecule has 1 aromatic heterocycles. The van der Waals surface area contributed by atoms with Crippen molar-refractivity contribution >= 4 is 0 Å². The van der Waals surface area contributed by atoms with E-state index in [1.807, 2.05) is 30.3 Å². The fourth-order valence-electron chi connectivity index (χ4n) is 1.77. The van der Waals surface area contributed by atoms with Crippen LogP contribution in [0.25, 0.3) is 0 Å². The quantitative estimate of drug-likeness (QED) is 0.844. The average Bonchev–Trinajstić information content (AvgIpc) is 2.48. The molecule has 4 heteroatoms. The Hall–Kier alpha value is -2.41. The smallest absolute Gasteiger partial charge is 0.256 e. The molecule has 0 N–H and O–H groups in total. The zero-order chi connectivity index (χ0) is 14.6. The second kappa shape index (κ2) is 5.70. The van der Waals surface area contributed by atoms with Crippen LogP contribution in [0.15, 0.2) is 36.5 Å². The Morgan fingerprint density at radius 1 is 1.20 bits per heavy atom. The first-order valence-electron chi connectivity index (χ1n) is 6.57. The molecule has 0 radical (unpaired) electrons. The van der Waals surface area contributed by atoms with Crippen molar-refractivity contribution in [3.8, 4) is 17.7 Å².